The number of anilines is 2. The molecule has 0 saturated heterocycles. The maximum absolute atomic E-state index is 14.3. The molecule has 3 aromatic heterocycles. The summed E-state index contributed by atoms with van der Waals surface area (Å²) in [4.78, 5) is 27.8. The van der Waals surface area contributed by atoms with Gasteiger partial charge in [0.05, 0.1) is 23.2 Å². The van der Waals surface area contributed by atoms with Crippen molar-refractivity contribution in [3.63, 3.8) is 0 Å². The lowest BCUT2D eigenvalue weighted by atomic mass is 9.93. The highest BCUT2D eigenvalue weighted by molar-refractivity contribution is 6.03. The van der Waals surface area contributed by atoms with E-state index in [1.807, 2.05) is 49.0 Å². The number of nitrogens with two attached hydrogens (primary N) is 1. The molecule has 4 aromatic rings. The molecule has 1 amide bonds. The Morgan fingerprint density at radius 3 is 2.73 bits per heavy atom. The first-order valence-corrected chi connectivity index (χ1v) is 14.0. The van der Waals surface area contributed by atoms with E-state index in [1.165, 1.54) is 0 Å². The molecule has 0 spiro atoms. The average molecular weight is 553 g/mol. The van der Waals surface area contributed by atoms with Gasteiger partial charge >= 0.3 is 0 Å². The van der Waals surface area contributed by atoms with Gasteiger partial charge in [0.25, 0.3) is 11.5 Å². The SMILES string of the molecule is C=CCNc1c(C(=O)NC(C)c2cc3cccc(C#Cc4cnn(C)c4)c3c(=O)n2C2CCCCC2)c(N)nn1C. The number of pyridine rings is 1. The molecule has 0 bridgehead atoms. The summed E-state index contributed by atoms with van der Waals surface area (Å²) in [6.07, 6.45) is 10.3. The van der Waals surface area contributed by atoms with Gasteiger partial charge in [0, 0.05) is 44.1 Å². The highest BCUT2D eigenvalue weighted by Gasteiger charge is 2.27. The summed E-state index contributed by atoms with van der Waals surface area (Å²) >= 11 is 0. The van der Waals surface area contributed by atoms with Crippen LogP contribution in [0, 0.1) is 11.8 Å². The minimum absolute atomic E-state index is 0.0441. The van der Waals surface area contributed by atoms with Crippen molar-refractivity contribution in [2.45, 2.75) is 51.1 Å². The van der Waals surface area contributed by atoms with E-state index in [1.54, 1.807) is 28.7 Å². The molecule has 1 aliphatic rings. The second-order valence-corrected chi connectivity index (χ2v) is 10.6. The van der Waals surface area contributed by atoms with Gasteiger partial charge in [-0.15, -0.1) is 6.58 Å². The number of hydrogen-bond acceptors (Lipinski definition) is 6. The molecular formula is C31H36N8O2. The lowest BCUT2D eigenvalue weighted by Crippen LogP contribution is -2.35. The Labute approximate surface area is 239 Å². The molecule has 5 rings (SSSR count). The Morgan fingerprint density at radius 2 is 2.02 bits per heavy atom. The van der Waals surface area contributed by atoms with E-state index in [0.717, 1.165) is 48.7 Å². The average Bonchev–Trinajstić information content (AvgIpc) is 3.51. The number of rotatable bonds is 7. The predicted octanol–water partition coefficient (Wildman–Crippen LogP) is 4.04. The van der Waals surface area contributed by atoms with Crippen molar-refractivity contribution in [3.8, 4) is 11.8 Å². The fraction of sp³-hybridized carbons (Fsp3) is 0.355. The van der Waals surface area contributed by atoms with Crippen LogP contribution < -0.4 is 21.9 Å². The number of aryl methyl sites for hydroxylation is 2. The second kappa shape index (κ2) is 11.8. The molecule has 10 nitrogen and oxygen atoms in total. The first-order valence-electron chi connectivity index (χ1n) is 14.0. The van der Waals surface area contributed by atoms with Gasteiger partial charge in [-0.1, -0.05) is 49.3 Å². The van der Waals surface area contributed by atoms with Crippen LogP contribution in [0.3, 0.4) is 0 Å². The number of aromatic nitrogens is 5. The molecule has 3 heterocycles. The van der Waals surface area contributed by atoms with Crippen LogP contribution in [-0.2, 0) is 14.1 Å². The maximum Gasteiger partial charge on any atom is 0.260 e. The van der Waals surface area contributed by atoms with Gasteiger partial charge in [0.15, 0.2) is 5.82 Å². The molecule has 0 radical (unpaired) electrons. The lowest BCUT2D eigenvalue weighted by Gasteiger charge is -2.29. The first kappa shape index (κ1) is 27.8. The van der Waals surface area contributed by atoms with E-state index in [0.29, 0.717) is 23.3 Å². The van der Waals surface area contributed by atoms with Gasteiger partial charge < -0.3 is 20.9 Å². The number of fused-ring (bicyclic) bond motifs is 1. The Morgan fingerprint density at radius 1 is 1.24 bits per heavy atom. The van der Waals surface area contributed by atoms with Crippen LogP contribution in [0.1, 0.15) is 78.3 Å². The lowest BCUT2D eigenvalue weighted by molar-refractivity contribution is 0.0939. The summed E-state index contributed by atoms with van der Waals surface area (Å²) in [7, 11) is 3.56. The number of nitrogens with one attached hydrogen (secondary N) is 2. The molecule has 1 saturated carbocycles. The van der Waals surface area contributed by atoms with Crippen LogP contribution in [0.5, 0.6) is 0 Å². The summed E-state index contributed by atoms with van der Waals surface area (Å²) in [6, 6.07) is 7.29. The summed E-state index contributed by atoms with van der Waals surface area (Å²) in [6.45, 7) is 6.07. The first-order chi connectivity index (χ1) is 19.8. The highest BCUT2D eigenvalue weighted by atomic mass is 16.2. The molecule has 212 valence electrons. The zero-order valence-corrected chi connectivity index (χ0v) is 23.8. The van der Waals surface area contributed by atoms with Gasteiger partial charge in [-0.25, -0.2) is 0 Å². The standard InChI is InChI=1S/C31H36N8O2/c1-5-16-33-29-27(28(32)36-38(29)4)30(40)35-20(2)25-17-23-11-9-10-22(15-14-21-18-34-37(3)19-21)26(23)31(41)39(25)24-12-7-6-8-13-24/h5,9-11,17-20,24,33H,1,6-8,12-13,16H2,2-4H3,(H2,32,36)(H,35,40). The molecule has 0 aliphatic heterocycles. The number of nitrogens with zero attached hydrogens (tertiary/aromatic N) is 5. The predicted molar refractivity (Wildman–Crippen MR) is 162 cm³/mol. The monoisotopic (exact) mass is 552 g/mol. The number of carbonyl (C=O) groups excluding carboxylic acids is 1. The summed E-state index contributed by atoms with van der Waals surface area (Å²) < 4.78 is 5.13. The van der Waals surface area contributed by atoms with Gasteiger partial charge in [-0.2, -0.15) is 10.2 Å². The van der Waals surface area contributed by atoms with Crippen molar-refractivity contribution in [1.29, 1.82) is 0 Å². The van der Waals surface area contributed by atoms with Crippen LogP contribution in [-0.4, -0.2) is 36.6 Å². The number of benzene rings is 1. The summed E-state index contributed by atoms with van der Waals surface area (Å²) in [5.41, 5.74) is 8.51. The Hall–Kier alpha value is -4.78. The van der Waals surface area contributed by atoms with Gasteiger partial charge in [0.1, 0.15) is 11.4 Å². The van der Waals surface area contributed by atoms with E-state index in [9.17, 15) is 9.59 Å². The Balaban J connectivity index is 1.58. The van der Waals surface area contributed by atoms with E-state index in [4.69, 9.17) is 5.73 Å². The Bertz CT molecular complexity index is 1730. The molecule has 1 aromatic carbocycles. The van der Waals surface area contributed by atoms with Gasteiger partial charge in [0.2, 0.25) is 0 Å². The molecule has 1 atom stereocenters. The third kappa shape index (κ3) is 5.61. The van der Waals surface area contributed by atoms with Crippen LogP contribution in [0.4, 0.5) is 11.6 Å². The van der Waals surface area contributed by atoms with Gasteiger partial charge in [-0.3, -0.25) is 19.0 Å². The van der Waals surface area contributed by atoms with Crippen molar-refractivity contribution in [2.75, 3.05) is 17.6 Å². The van der Waals surface area contributed by atoms with E-state index in [-0.39, 0.29) is 28.9 Å². The zero-order valence-electron chi connectivity index (χ0n) is 23.8. The Kier molecular flexibility index (Phi) is 7.97. The minimum atomic E-state index is -0.474. The van der Waals surface area contributed by atoms with Crippen molar-refractivity contribution < 1.29 is 4.79 Å². The maximum atomic E-state index is 14.3. The normalized spacial score (nSPS) is 14.3. The third-order valence-corrected chi connectivity index (χ3v) is 7.60. The molecule has 1 fully saturated rings. The third-order valence-electron chi connectivity index (χ3n) is 7.60. The quantitative estimate of drug-likeness (QED) is 0.235. The highest BCUT2D eigenvalue weighted by Crippen LogP contribution is 2.32. The zero-order chi connectivity index (χ0) is 29.1. The number of nitrogen functional groups attached to an aromatic ring is 1. The van der Waals surface area contributed by atoms with Crippen molar-refractivity contribution >= 4 is 28.3 Å². The molecule has 4 N–H and O–H groups in total. The van der Waals surface area contributed by atoms with E-state index >= 15 is 0 Å². The van der Waals surface area contributed by atoms with E-state index in [2.05, 4.69) is 39.3 Å². The molecular weight excluding hydrogens is 516 g/mol. The molecule has 10 heteroatoms. The molecule has 41 heavy (non-hydrogen) atoms. The van der Waals surface area contributed by atoms with Crippen molar-refractivity contribution in [2.24, 2.45) is 14.1 Å². The number of carbonyl (C=O) groups is 1. The van der Waals surface area contributed by atoms with Crippen molar-refractivity contribution in [3.05, 3.63) is 82.1 Å². The number of amides is 1. The van der Waals surface area contributed by atoms with Crippen LogP contribution in [0.15, 0.2) is 54.1 Å². The number of hydrogen-bond donors (Lipinski definition) is 3. The van der Waals surface area contributed by atoms with Gasteiger partial charge in [-0.05, 0) is 37.3 Å². The fourth-order valence-electron chi connectivity index (χ4n) is 5.66. The van der Waals surface area contributed by atoms with Crippen LogP contribution >= 0.6 is 0 Å². The minimum Gasteiger partial charge on any atom is -0.381 e. The van der Waals surface area contributed by atoms with Crippen LogP contribution in [0.2, 0.25) is 0 Å². The smallest absolute Gasteiger partial charge is 0.260 e. The molecule has 1 aliphatic carbocycles. The van der Waals surface area contributed by atoms with Crippen molar-refractivity contribution in [1.82, 2.24) is 29.4 Å². The van der Waals surface area contributed by atoms with E-state index < -0.39 is 6.04 Å². The molecule has 1 unspecified atom stereocenters. The largest absolute Gasteiger partial charge is 0.381 e. The summed E-state index contributed by atoms with van der Waals surface area (Å²) in [5.74, 6) is 6.61. The summed E-state index contributed by atoms with van der Waals surface area (Å²) in [5, 5.41) is 16.0. The second-order valence-electron chi connectivity index (χ2n) is 10.6. The fourth-order valence-corrected chi connectivity index (χ4v) is 5.66. The van der Waals surface area contributed by atoms with Crippen LogP contribution in [0.25, 0.3) is 10.8 Å². The topological polar surface area (TPSA) is 125 Å².